The number of carbonyl (C=O) groups excluding carboxylic acids is 1. The van der Waals surface area contributed by atoms with E-state index in [1.54, 1.807) is 22.7 Å². The zero-order valence-electron chi connectivity index (χ0n) is 38.0. The fourth-order valence-corrected chi connectivity index (χ4v) is 10.7. The van der Waals surface area contributed by atoms with Crippen molar-refractivity contribution in [2.24, 2.45) is 22.9 Å². The maximum absolute atomic E-state index is 14.8. The summed E-state index contributed by atoms with van der Waals surface area (Å²) in [5.41, 5.74) is 2.99. The molecule has 12 heteroatoms. The minimum absolute atomic E-state index is 0.0176. The summed E-state index contributed by atoms with van der Waals surface area (Å²) >= 11 is 7.93. The zero-order valence-corrected chi connectivity index (χ0v) is 39.6. The number of oxime groups is 1. The van der Waals surface area contributed by atoms with Crippen molar-refractivity contribution in [2.75, 3.05) is 44.7 Å². The summed E-state index contributed by atoms with van der Waals surface area (Å²) in [4.78, 5) is 24.1. The first-order chi connectivity index (χ1) is 31.6. The maximum Gasteiger partial charge on any atom is 0.410 e. The predicted molar refractivity (Wildman–Crippen MR) is 260 cm³/mol. The Balaban J connectivity index is 1.42. The summed E-state index contributed by atoms with van der Waals surface area (Å²) < 4.78 is 27.1. The van der Waals surface area contributed by atoms with Crippen LogP contribution in [0.3, 0.4) is 0 Å². The molecule has 10 nitrogen and oxygen atoms in total. The van der Waals surface area contributed by atoms with Gasteiger partial charge in [0.1, 0.15) is 29.7 Å². The number of carbonyl (C=O) groups is 1. The lowest BCUT2D eigenvalue weighted by Gasteiger charge is -2.60. The van der Waals surface area contributed by atoms with Gasteiger partial charge in [0.15, 0.2) is 0 Å². The number of allylic oxidation sites excluding steroid dienone is 1. The summed E-state index contributed by atoms with van der Waals surface area (Å²) in [6.45, 7) is 11.0. The van der Waals surface area contributed by atoms with Gasteiger partial charge in [0.25, 0.3) is 0 Å². The number of thioether (sulfide) groups is 1. The number of rotatable bonds is 22. The van der Waals surface area contributed by atoms with Crippen LogP contribution in [0.5, 0.6) is 11.5 Å². The number of aliphatic hydroxyl groups excluding tert-OH is 2. The quantitative estimate of drug-likeness (QED) is 0.0261. The summed E-state index contributed by atoms with van der Waals surface area (Å²) in [5, 5.41) is 27.1. The van der Waals surface area contributed by atoms with Gasteiger partial charge in [0.05, 0.1) is 37.3 Å². The van der Waals surface area contributed by atoms with E-state index in [0.29, 0.717) is 30.9 Å². The molecule has 2 N–H and O–H groups in total. The molecule has 65 heavy (non-hydrogen) atoms. The second-order valence-electron chi connectivity index (χ2n) is 18.1. The van der Waals surface area contributed by atoms with Gasteiger partial charge >= 0.3 is 6.09 Å². The maximum atomic E-state index is 14.8. The summed E-state index contributed by atoms with van der Waals surface area (Å²) in [7, 11) is 0. The minimum atomic E-state index is -1.46. The predicted octanol–water partition coefficient (Wildman–Crippen LogP) is 11.3. The zero-order chi connectivity index (χ0) is 45.8. The largest absolute Gasteiger partial charge is 0.493 e. The Morgan fingerprint density at radius 3 is 2.48 bits per heavy atom. The van der Waals surface area contributed by atoms with Crippen LogP contribution in [0.2, 0.25) is 0 Å². The molecule has 6 unspecified atom stereocenters. The minimum Gasteiger partial charge on any atom is -0.493 e. The van der Waals surface area contributed by atoms with E-state index in [1.807, 2.05) is 75.4 Å². The van der Waals surface area contributed by atoms with Crippen LogP contribution >= 0.6 is 23.4 Å². The van der Waals surface area contributed by atoms with Gasteiger partial charge in [-0.25, -0.2) is 4.79 Å². The monoisotopic (exact) mass is 924 g/mol. The molecule has 1 amide bonds. The van der Waals surface area contributed by atoms with Gasteiger partial charge < -0.3 is 34.0 Å². The number of alkyl halides is 1. The third kappa shape index (κ3) is 11.5. The molecule has 7 rings (SSSR count). The molecular formula is C53H65ClN2O8S. The fraction of sp³-hybridized carbons (Fsp3) is 0.472. The summed E-state index contributed by atoms with van der Waals surface area (Å²) in [6.07, 6.45) is 8.42. The third-order valence-electron chi connectivity index (χ3n) is 12.6. The van der Waals surface area contributed by atoms with Crippen LogP contribution in [-0.4, -0.2) is 89.0 Å². The van der Waals surface area contributed by atoms with E-state index in [-0.39, 0.29) is 63.0 Å². The molecular weight excluding hydrogens is 860 g/mol. The molecule has 0 bridgehead atoms. The highest BCUT2D eigenvalue weighted by Crippen LogP contribution is 2.62. The van der Waals surface area contributed by atoms with E-state index in [9.17, 15) is 15.0 Å². The van der Waals surface area contributed by atoms with Crippen molar-refractivity contribution < 1.29 is 38.8 Å². The lowest BCUT2D eigenvalue weighted by Crippen LogP contribution is -2.70. The van der Waals surface area contributed by atoms with Crippen molar-refractivity contribution in [3.63, 3.8) is 0 Å². The Morgan fingerprint density at radius 2 is 1.72 bits per heavy atom. The first kappa shape index (κ1) is 48.4. The Bertz CT molecular complexity index is 2260. The van der Waals surface area contributed by atoms with Gasteiger partial charge in [0, 0.05) is 41.8 Å². The molecule has 4 aromatic rings. The number of amides is 1. The molecule has 1 heterocycles. The summed E-state index contributed by atoms with van der Waals surface area (Å²) in [5.74, 6) is 0.298. The topological polar surface area (TPSA) is 119 Å². The number of nitrogens with zero attached hydrogens (tertiary/aromatic N) is 2. The lowest BCUT2D eigenvalue weighted by atomic mass is 9.55. The van der Waals surface area contributed by atoms with Crippen molar-refractivity contribution in [1.29, 1.82) is 0 Å². The molecule has 0 spiro atoms. The van der Waals surface area contributed by atoms with Gasteiger partial charge in [-0.15, -0.1) is 29.9 Å². The number of fused-ring (bicyclic) bond motifs is 3. The molecule has 348 valence electrons. The first-order valence-corrected chi connectivity index (χ1v) is 24.7. The highest BCUT2D eigenvalue weighted by atomic mass is 35.5. The number of aliphatic hydroxyl groups is 2. The highest BCUT2D eigenvalue weighted by molar-refractivity contribution is 7.99. The molecule has 1 fully saturated rings. The second kappa shape index (κ2) is 22.8. The molecule has 2 aliphatic carbocycles. The molecule has 1 aliphatic heterocycles. The Morgan fingerprint density at radius 1 is 0.969 bits per heavy atom. The number of benzene rings is 4. The average molecular weight is 926 g/mol. The van der Waals surface area contributed by atoms with Crippen LogP contribution in [0, 0.1) is 17.8 Å². The van der Waals surface area contributed by atoms with Gasteiger partial charge in [-0.2, -0.15) is 0 Å². The van der Waals surface area contributed by atoms with Crippen LogP contribution in [0.1, 0.15) is 82.8 Å². The van der Waals surface area contributed by atoms with Crippen LogP contribution in [0.4, 0.5) is 4.79 Å². The van der Waals surface area contributed by atoms with E-state index in [1.165, 1.54) is 4.90 Å². The first-order valence-electron chi connectivity index (χ1n) is 23.1. The van der Waals surface area contributed by atoms with E-state index >= 15 is 0 Å². The number of halogens is 1. The van der Waals surface area contributed by atoms with Crippen LogP contribution in [-0.2, 0) is 20.9 Å². The van der Waals surface area contributed by atoms with Crippen LogP contribution in [0.25, 0.3) is 10.8 Å². The summed E-state index contributed by atoms with van der Waals surface area (Å²) in [6, 6.07) is 29.9. The standard InChI is InChI=1S/C53H65ClN2O8S/c1-5-29-62-53-48(56(51(59)61-30-26-54)36-39-19-15-18-37-16-9-10-22-42(37)39)35-46(55-64-52(2,3)4)44-33-38(17-11-13-27-57)43(23-12-14-28-58)49(50(44)53)45-34-40(24-25-47(45)63-53)60-31-32-65-41-20-7-6-8-21-41/h5-10,15-16,18-22,24-25,33-34,38,43,48-50,57-58H,1,11-14,17,23,26-32,35-36H2,2-4H3. The van der Waals surface area contributed by atoms with Crippen LogP contribution < -0.4 is 9.47 Å². The van der Waals surface area contributed by atoms with E-state index in [2.05, 4.69) is 49.1 Å². The molecule has 1 saturated carbocycles. The number of hydrogen-bond donors (Lipinski definition) is 2. The smallest absolute Gasteiger partial charge is 0.410 e. The van der Waals surface area contributed by atoms with Gasteiger partial charge in [0.2, 0.25) is 5.79 Å². The van der Waals surface area contributed by atoms with Crippen LogP contribution in [0.15, 0.2) is 125 Å². The number of unbranched alkanes of at least 4 members (excludes halogenated alkanes) is 2. The molecule has 6 atom stereocenters. The SMILES string of the molecule is C=CCOC12Oc3ccc(OCCSc4ccccc4)cc3C3C(CCCCO)C(CCCCO)C=C(C(=NOC(C)(C)C)CC1N(Cc1cccc4ccccc14)C(=O)OCCCl)C32. The van der Waals surface area contributed by atoms with Crippen molar-refractivity contribution in [3.05, 3.63) is 126 Å². The van der Waals surface area contributed by atoms with Gasteiger partial charge in [-0.05, 0) is 111 Å². The van der Waals surface area contributed by atoms with Crippen molar-refractivity contribution in [3.8, 4) is 11.5 Å². The normalized spacial score (nSPS) is 22.9. The third-order valence-corrected chi connectivity index (χ3v) is 13.7. The molecule has 0 aromatic heterocycles. The van der Waals surface area contributed by atoms with Crippen molar-refractivity contribution in [1.82, 2.24) is 4.90 Å². The highest BCUT2D eigenvalue weighted by Gasteiger charge is 2.65. The number of hydrogen-bond acceptors (Lipinski definition) is 10. The molecule has 4 aromatic carbocycles. The second-order valence-corrected chi connectivity index (χ2v) is 19.6. The van der Waals surface area contributed by atoms with E-state index < -0.39 is 29.4 Å². The van der Waals surface area contributed by atoms with Gasteiger partial charge in [-0.3, -0.25) is 4.90 Å². The molecule has 3 aliphatic rings. The Kier molecular flexibility index (Phi) is 17.0. The molecule has 0 saturated heterocycles. The van der Waals surface area contributed by atoms with Crippen molar-refractivity contribution >= 4 is 45.9 Å². The lowest BCUT2D eigenvalue weighted by molar-refractivity contribution is -0.256. The molecule has 0 radical (unpaired) electrons. The number of ether oxygens (including phenoxy) is 4. The Hall–Kier alpha value is -4.52. The van der Waals surface area contributed by atoms with E-state index in [0.717, 1.165) is 64.7 Å². The van der Waals surface area contributed by atoms with Crippen molar-refractivity contribution in [2.45, 2.75) is 101 Å². The van der Waals surface area contributed by atoms with Gasteiger partial charge in [-0.1, -0.05) is 90.8 Å². The average Bonchev–Trinajstić information content (AvgIpc) is 3.31. The van der Waals surface area contributed by atoms with E-state index in [4.69, 9.17) is 40.5 Å². The Labute approximate surface area is 393 Å². The fourth-order valence-electron chi connectivity index (χ4n) is 9.89.